The molecule has 0 amide bonds. The van der Waals surface area contributed by atoms with Gasteiger partial charge in [-0.15, -0.1) is 0 Å². The molecule has 1 aromatic rings. The van der Waals surface area contributed by atoms with Crippen molar-refractivity contribution >= 4 is 21.4 Å². The molecule has 0 unspecified atom stereocenters. The molecule has 0 aromatic heterocycles. The molecule has 1 rings (SSSR count). The van der Waals surface area contributed by atoms with E-state index in [1.54, 1.807) is 25.1 Å². The number of benzene rings is 1. The van der Waals surface area contributed by atoms with Crippen molar-refractivity contribution in [2.45, 2.75) is 37.5 Å². The molecule has 0 saturated heterocycles. The second-order valence-corrected chi connectivity index (χ2v) is 7.79. The lowest BCUT2D eigenvalue weighted by Gasteiger charge is -2.30. The van der Waals surface area contributed by atoms with Crippen LogP contribution in [0.2, 0.25) is 0 Å². The van der Waals surface area contributed by atoms with E-state index in [2.05, 4.69) is 0 Å². The minimum Gasteiger partial charge on any atom is -0.385 e. The predicted molar refractivity (Wildman–Crippen MR) is 74.5 cm³/mol. The normalized spacial score (nSPS) is 17.2. The average Bonchev–Trinajstić information content (AvgIpc) is 2.36. The first kappa shape index (κ1) is 15.5. The van der Waals surface area contributed by atoms with E-state index in [0.29, 0.717) is 5.56 Å². The fourth-order valence-electron chi connectivity index (χ4n) is 1.91. The molecule has 0 aliphatic heterocycles. The molecular formula is C13H19ClO3S. The lowest BCUT2D eigenvalue weighted by atomic mass is 10.0. The number of aliphatic hydroxyl groups excluding tert-OH is 1. The number of hydrogen-bond acceptors (Lipinski definition) is 3. The van der Waals surface area contributed by atoms with Gasteiger partial charge in [-0.25, -0.2) is 8.42 Å². The fraction of sp³-hybridized carbons (Fsp3) is 0.538. The number of hydrogen-bond donors (Lipinski definition) is 1. The van der Waals surface area contributed by atoms with E-state index in [0.717, 1.165) is 5.56 Å². The van der Waals surface area contributed by atoms with Gasteiger partial charge in [-0.1, -0.05) is 55.3 Å². The lowest BCUT2D eigenvalue weighted by molar-refractivity contribution is 0.154. The Hall–Kier alpha value is -0.580. The third-order valence-electron chi connectivity index (χ3n) is 3.15. The monoisotopic (exact) mass is 290 g/mol. The van der Waals surface area contributed by atoms with Gasteiger partial charge in [0.1, 0.15) is 6.10 Å². The Balaban J connectivity index is 3.26. The van der Waals surface area contributed by atoms with Crippen LogP contribution in [0, 0.1) is 6.92 Å². The molecular weight excluding hydrogens is 272 g/mol. The van der Waals surface area contributed by atoms with Gasteiger partial charge in [-0.05, 0) is 18.9 Å². The Morgan fingerprint density at radius 2 is 2.00 bits per heavy atom. The van der Waals surface area contributed by atoms with Crippen molar-refractivity contribution in [3.05, 3.63) is 35.4 Å². The minimum absolute atomic E-state index is 0.0901. The van der Waals surface area contributed by atoms with Crippen LogP contribution in [0.5, 0.6) is 0 Å². The van der Waals surface area contributed by atoms with Gasteiger partial charge >= 0.3 is 0 Å². The van der Waals surface area contributed by atoms with E-state index in [1.165, 1.54) is 6.92 Å². The maximum atomic E-state index is 12.1. The summed E-state index contributed by atoms with van der Waals surface area (Å²) in [7, 11) is -3.55. The summed E-state index contributed by atoms with van der Waals surface area (Å²) in [5, 5.41) is 10.3. The molecule has 5 heteroatoms. The Bertz CT molecular complexity index is 513. The standard InChI is InChI=1S/C13H19ClO3S/c1-4-13(14,18(16,17)5-2)12(15)11-8-6-7-10(3)9-11/h6-9,12,15H,4-5H2,1-3H3/t12-,13-/m1/s1. The summed E-state index contributed by atoms with van der Waals surface area (Å²) in [4.78, 5) is 0. The van der Waals surface area contributed by atoms with E-state index >= 15 is 0 Å². The number of aliphatic hydroxyl groups is 1. The van der Waals surface area contributed by atoms with Crippen LogP contribution in [0.4, 0.5) is 0 Å². The maximum Gasteiger partial charge on any atom is 0.175 e. The SMILES string of the molecule is CC[C@](Cl)([C@H](O)c1cccc(C)c1)S(=O)(=O)CC. The van der Waals surface area contributed by atoms with Crippen molar-refractivity contribution in [2.75, 3.05) is 5.75 Å². The van der Waals surface area contributed by atoms with Gasteiger partial charge < -0.3 is 5.11 Å². The van der Waals surface area contributed by atoms with Crippen LogP contribution in [0.3, 0.4) is 0 Å². The summed E-state index contributed by atoms with van der Waals surface area (Å²) in [5.41, 5.74) is 1.49. The van der Waals surface area contributed by atoms with E-state index in [-0.39, 0.29) is 12.2 Å². The van der Waals surface area contributed by atoms with Gasteiger partial charge in [0.25, 0.3) is 0 Å². The largest absolute Gasteiger partial charge is 0.385 e. The molecule has 0 radical (unpaired) electrons. The number of sulfone groups is 1. The second kappa shape index (κ2) is 5.59. The first-order valence-electron chi connectivity index (χ1n) is 5.94. The first-order chi connectivity index (χ1) is 8.28. The van der Waals surface area contributed by atoms with Crippen LogP contribution < -0.4 is 0 Å². The predicted octanol–water partition coefficient (Wildman–Crippen LogP) is 2.81. The zero-order valence-corrected chi connectivity index (χ0v) is 12.4. The van der Waals surface area contributed by atoms with Crippen LogP contribution in [-0.2, 0) is 9.84 Å². The Kier molecular flexibility index (Phi) is 4.81. The summed E-state index contributed by atoms with van der Waals surface area (Å²) in [5.74, 6) is -0.0901. The molecule has 102 valence electrons. The summed E-state index contributed by atoms with van der Waals surface area (Å²) < 4.78 is 22.5. The average molecular weight is 291 g/mol. The van der Waals surface area contributed by atoms with Crippen molar-refractivity contribution in [2.24, 2.45) is 0 Å². The van der Waals surface area contributed by atoms with Gasteiger partial charge in [-0.3, -0.25) is 0 Å². The van der Waals surface area contributed by atoms with Crippen molar-refractivity contribution in [3.8, 4) is 0 Å². The van der Waals surface area contributed by atoms with Gasteiger partial charge in [0, 0.05) is 5.75 Å². The van der Waals surface area contributed by atoms with E-state index in [1.807, 2.05) is 13.0 Å². The van der Waals surface area contributed by atoms with Crippen LogP contribution >= 0.6 is 11.6 Å². The Morgan fingerprint density at radius 3 is 2.44 bits per heavy atom. The summed E-state index contributed by atoms with van der Waals surface area (Å²) in [6, 6.07) is 7.10. The number of halogens is 1. The highest BCUT2D eigenvalue weighted by Crippen LogP contribution is 2.40. The third-order valence-corrected chi connectivity index (χ3v) is 6.63. The molecule has 3 nitrogen and oxygen atoms in total. The van der Waals surface area contributed by atoms with Gasteiger partial charge in [0.2, 0.25) is 0 Å². The molecule has 0 bridgehead atoms. The molecule has 1 N–H and O–H groups in total. The topological polar surface area (TPSA) is 54.4 Å². The quantitative estimate of drug-likeness (QED) is 0.849. The molecule has 0 aliphatic rings. The molecule has 18 heavy (non-hydrogen) atoms. The van der Waals surface area contributed by atoms with E-state index in [9.17, 15) is 13.5 Å². The third kappa shape index (κ3) is 2.71. The van der Waals surface area contributed by atoms with Gasteiger partial charge in [0.15, 0.2) is 14.0 Å². The highest BCUT2D eigenvalue weighted by Gasteiger charge is 2.46. The Morgan fingerprint density at radius 1 is 1.39 bits per heavy atom. The van der Waals surface area contributed by atoms with Gasteiger partial charge in [0.05, 0.1) is 0 Å². The van der Waals surface area contributed by atoms with Crippen molar-refractivity contribution in [3.63, 3.8) is 0 Å². The fourth-order valence-corrected chi connectivity index (χ4v) is 3.76. The van der Waals surface area contributed by atoms with Crippen LogP contribution in [0.1, 0.15) is 37.5 Å². The zero-order valence-electron chi connectivity index (χ0n) is 10.9. The highest BCUT2D eigenvalue weighted by atomic mass is 35.5. The second-order valence-electron chi connectivity index (χ2n) is 4.36. The van der Waals surface area contributed by atoms with Crippen molar-refractivity contribution in [1.82, 2.24) is 0 Å². The Labute approximate surface area is 114 Å². The zero-order chi connectivity index (χ0) is 14.0. The number of rotatable bonds is 5. The van der Waals surface area contributed by atoms with Crippen molar-refractivity contribution in [1.29, 1.82) is 0 Å². The first-order valence-corrected chi connectivity index (χ1v) is 7.97. The molecule has 0 fully saturated rings. The van der Waals surface area contributed by atoms with E-state index in [4.69, 9.17) is 11.6 Å². The van der Waals surface area contributed by atoms with Gasteiger partial charge in [-0.2, -0.15) is 0 Å². The highest BCUT2D eigenvalue weighted by molar-refractivity contribution is 7.94. The number of aryl methyl sites for hydroxylation is 1. The molecule has 2 atom stereocenters. The lowest BCUT2D eigenvalue weighted by Crippen LogP contribution is -2.39. The molecule has 0 saturated carbocycles. The smallest absolute Gasteiger partial charge is 0.175 e. The van der Waals surface area contributed by atoms with Crippen LogP contribution in [-0.4, -0.2) is 23.5 Å². The van der Waals surface area contributed by atoms with Crippen LogP contribution in [0.15, 0.2) is 24.3 Å². The molecule has 0 aliphatic carbocycles. The summed E-state index contributed by atoms with van der Waals surface area (Å²) in [6.07, 6.45) is -1.08. The van der Waals surface area contributed by atoms with Crippen LogP contribution in [0.25, 0.3) is 0 Å². The number of alkyl halides is 1. The molecule has 1 aromatic carbocycles. The minimum atomic E-state index is -3.55. The van der Waals surface area contributed by atoms with E-state index < -0.39 is 20.1 Å². The maximum absolute atomic E-state index is 12.1. The van der Waals surface area contributed by atoms with Crippen molar-refractivity contribution < 1.29 is 13.5 Å². The summed E-state index contributed by atoms with van der Waals surface area (Å²) in [6.45, 7) is 5.08. The molecule has 0 heterocycles. The molecule has 0 spiro atoms. The summed E-state index contributed by atoms with van der Waals surface area (Å²) >= 11 is 6.21.